The molecule has 112 valence electrons. The van der Waals surface area contributed by atoms with E-state index in [1.807, 2.05) is 24.3 Å². The molecule has 0 saturated carbocycles. The van der Waals surface area contributed by atoms with Gasteiger partial charge in [0.1, 0.15) is 24.0 Å². The fourth-order valence-corrected chi connectivity index (χ4v) is 1.91. The minimum atomic E-state index is -0.588. The summed E-state index contributed by atoms with van der Waals surface area (Å²) in [6, 6.07) is 11.1. The molecule has 0 saturated heterocycles. The van der Waals surface area contributed by atoms with Crippen LogP contribution in [0.1, 0.15) is 24.5 Å². The van der Waals surface area contributed by atoms with E-state index in [2.05, 4.69) is 12.2 Å². The van der Waals surface area contributed by atoms with Crippen LogP contribution in [0.25, 0.3) is 0 Å². The van der Waals surface area contributed by atoms with Crippen molar-refractivity contribution in [1.82, 2.24) is 5.32 Å². The quantitative estimate of drug-likeness (QED) is 0.777. The summed E-state index contributed by atoms with van der Waals surface area (Å²) in [7, 11) is 0. The highest BCUT2D eigenvalue weighted by atomic mass is 19.1. The molecule has 0 heterocycles. The SMILES string of the molecule is CCCNCc1ccc(OCc2ccc(F)cc2F)cc1. The smallest absolute Gasteiger partial charge is 0.132 e. The van der Waals surface area contributed by atoms with Crippen LogP contribution >= 0.6 is 0 Å². The summed E-state index contributed by atoms with van der Waals surface area (Å²) in [5.74, 6) is -0.506. The Kier molecular flexibility index (Phi) is 5.69. The Bertz CT molecular complexity index is 570. The van der Waals surface area contributed by atoms with E-state index < -0.39 is 11.6 Å². The van der Waals surface area contributed by atoms with Crippen molar-refractivity contribution in [3.05, 3.63) is 65.2 Å². The number of halogens is 2. The van der Waals surface area contributed by atoms with Gasteiger partial charge in [-0.2, -0.15) is 0 Å². The number of hydrogen-bond acceptors (Lipinski definition) is 2. The minimum Gasteiger partial charge on any atom is -0.489 e. The third kappa shape index (κ3) is 4.83. The molecule has 2 aromatic rings. The lowest BCUT2D eigenvalue weighted by molar-refractivity contribution is 0.299. The van der Waals surface area contributed by atoms with Gasteiger partial charge in [0.05, 0.1) is 0 Å². The predicted octanol–water partition coefficient (Wildman–Crippen LogP) is 4.04. The molecule has 2 aromatic carbocycles. The molecule has 1 N–H and O–H groups in total. The summed E-state index contributed by atoms with van der Waals surface area (Å²) in [6.07, 6.45) is 1.10. The molecule has 0 aromatic heterocycles. The van der Waals surface area contributed by atoms with Crippen LogP contribution in [-0.4, -0.2) is 6.54 Å². The summed E-state index contributed by atoms with van der Waals surface area (Å²) in [4.78, 5) is 0. The largest absolute Gasteiger partial charge is 0.489 e. The van der Waals surface area contributed by atoms with Crippen LogP contribution in [0.4, 0.5) is 8.78 Å². The Balaban J connectivity index is 1.88. The van der Waals surface area contributed by atoms with E-state index in [0.29, 0.717) is 11.3 Å². The third-order valence-corrected chi connectivity index (χ3v) is 3.09. The number of ether oxygens (including phenoxy) is 1. The van der Waals surface area contributed by atoms with E-state index >= 15 is 0 Å². The molecule has 0 fully saturated rings. The number of hydrogen-bond donors (Lipinski definition) is 1. The summed E-state index contributed by atoms with van der Waals surface area (Å²) in [5, 5.41) is 3.32. The van der Waals surface area contributed by atoms with Gasteiger partial charge in [-0.25, -0.2) is 8.78 Å². The molecule has 2 nitrogen and oxygen atoms in total. The highest BCUT2D eigenvalue weighted by Crippen LogP contribution is 2.16. The first-order chi connectivity index (χ1) is 10.2. The van der Waals surface area contributed by atoms with Gasteiger partial charge in [0.25, 0.3) is 0 Å². The van der Waals surface area contributed by atoms with Crippen molar-refractivity contribution >= 4 is 0 Å². The monoisotopic (exact) mass is 291 g/mol. The van der Waals surface area contributed by atoms with Crippen LogP contribution < -0.4 is 10.1 Å². The Hall–Kier alpha value is -1.94. The molecule has 0 amide bonds. The Morgan fingerprint density at radius 2 is 1.81 bits per heavy atom. The maximum atomic E-state index is 13.5. The second kappa shape index (κ2) is 7.74. The molecule has 0 radical (unpaired) electrons. The predicted molar refractivity (Wildman–Crippen MR) is 79.1 cm³/mol. The molecule has 0 unspecified atom stereocenters. The zero-order valence-electron chi connectivity index (χ0n) is 12.0. The van der Waals surface area contributed by atoms with Gasteiger partial charge in [-0.15, -0.1) is 0 Å². The zero-order valence-corrected chi connectivity index (χ0v) is 12.0. The van der Waals surface area contributed by atoms with Crippen molar-refractivity contribution in [2.75, 3.05) is 6.54 Å². The number of nitrogens with one attached hydrogen (secondary N) is 1. The van der Waals surface area contributed by atoms with Gasteiger partial charge in [-0.1, -0.05) is 19.1 Å². The molecule has 0 spiro atoms. The number of benzene rings is 2. The van der Waals surface area contributed by atoms with Gasteiger partial charge in [0.15, 0.2) is 0 Å². The lowest BCUT2D eigenvalue weighted by atomic mass is 10.2. The third-order valence-electron chi connectivity index (χ3n) is 3.09. The first kappa shape index (κ1) is 15.4. The average molecular weight is 291 g/mol. The summed E-state index contributed by atoms with van der Waals surface area (Å²) < 4.78 is 31.8. The van der Waals surface area contributed by atoms with Crippen molar-refractivity contribution < 1.29 is 13.5 Å². The lowest BCUT2D eigenvalue weighted by Crippen LogP contribution is -2.13. The average Bonchev–Trinajstić information content (AvgIpc) is 2.48. The molecule has 0 aliphatic heterocycles. The fourth-order valence-electron chi connectivity index (χ4n) is 1.91. The van der Waals surface area contributed by atoms with E-state index in [4.69, 9.17) is 4.74 Å². The second-order valence-corrected chi connectivity index (χ2v) is 4.85. The van der Waals surface area contributed by atoms with Crippen molar-refractivity contribution in [3.63, 3.8) is 0 Å². The van der Waals surface area contributed by atoms with Crippen molar-refractivity contribution in [1.29, 1.82) is 0 Å². The molecule has 4 heteroatoms. The Morgan fingerprint density at radius 3 is 2.48 bits per heavy atom. The first-order valence-electron chi connectivity index (χ1n) is 7.05. The van der Waals surface area contributed by atoms with E-state index in [-0.39, 0.29) is 6.61 Å². The molecule has 21 heavy (non-hydrogen) atoms. The van der Waals surface area contributed by atoms with Gasteiger partial charge in [0, 0.05) is 18.2 Å². The van der Waals surface area contributed by atoms with Gasteiger partial charge >= 0.3 is 0 Å². The van der Waals surface area contributed by atoms with E-state index in [1.54, 1.807) is 0 Å². The van der Waals surface area contributed by atoms with Gasteiger partial charge in [-0.05, 0) is 42.8 Å². The van der Waals surface area contributed by atoms with Gasteiger partial charge in [0.2, 0.25) is 0 Å². The highest BCUT2D eigenvalue weighted by Gasteiger charge is 2.04. The van der Waals surface area contributed by atoms with Crippen LogP contribution in [0.5, 0.6) is 5.75 Å². The van der Waals surface area contributed by atoms with E-state index in [0.717, 1.165) is 25.6 Å². The molecule has 0 aliphatic carbocycles. The van der Waals surface area contributed by atoms with Crippen molar-refractivity contribution in [2.45, 2.75) is 26.5 Å². The highest BCUT2D eigenvalue weighted by molar-refractivity contribution is 5.28. The van der Waals surface area contributed by atoms with Gasteiger partial charge < -0.3 is 10.1 Å². The van der Waals surface area contributed by atoms with Crippen LogP contribution in [0.3, 0.4) is 0 Å². The fraction of sp³-hybridized carbons (Fsp3) is 0.294. The second-order valence-electron chi connectivity index (χ2n) is 4.85. The van der Waals surface area contributed by atoms with Crippen molar-refractivity contribution in [2.24, 2.45) is 0 Å². The van der Waals surface area contributed by atoms with Crippen LogP contribution in [0.15, 0.2) is 42.5 Å². The van der Waals surface area contributed by atoms with Crippen LogP contribution in [-0.2, 0) is 13.2 Å². The standard InChI is InChI=1S/C17H19F2NO/c1-2-9-20-11-13-3-7-16(8-4-13)21-12-14-5-6-15(18)10-17(14)19/h3-8,10,20H,2,9,11-12H2,1H3. The number of rotatable bonds is 7. The maximum Gasteiger partial charge on any atom is 0.132 e. The Labute approximate surface area is 123 Å². The van der Waals surface area contributed by atoms with Crippen molar-refractivity contribution in [3.8, 4) is 5.75 Å². The molecule has 0 aliphatic rings. The molecule has 0 atom stereocenters. The summed E-state index contributed by atoms with van der Waals surface area (Å²) in [6.45, 7) is 4.01. The summed E-state index contributed by atoms with van der Waals surface area (Å²) >= 11 is 0. The molecular weight excluding hydrogens is 272 g/mol. The van der Waals surface area contributed by atoms with E-state index in [9.17, 15) is 8.78 Å². The molecular formula is C17H19F2NO. The molecule has 2 rings (SSSR count). The van der Waals surface area contributed by atoms with Gasteiger partial charge in [-0.3, -0.25) is 0 Å². The van der Waals surface area contributed by atoms with Crippen LogP contribution in [0.2, 0.25) is 0 Å². The minimum absolute atomic E-state index is 0.0829. The zero-order chi connectivity index (χ0) is 15.1. The summed E-state index contributed by atoms with van der Waals surface area (Å²) in [5.41, 5.74) is 1.51. The lowest BCUT2D eigenvalue weighted by Gasteiger charge is -2.08. The normalized spacial score (nSPS) is 10.6. The topological polar surface area (TPSA) is 21.3 Å². The first-order valence-corrected chi connectivity index (χ1v) is 7.05. The van der Waals surface area contributed by atoms with E-state index in [1.165, 1.54) is 17.7 Å². The Morgan fingerprint density at radius 1 is 1.05 bits per heavy atom. The molecule has 0 bridgehead atoms. The maximum absolute atomic E-state index is 13.5. The van der Waals surface area contributed by atoms with Crippen LogP contribution in [0, 0.1) is 11.6 Å².